The molecule has 0 unspecified atom stereocenters. The van der Waals surface area contributed by atoms with E-state index in [1.54, 1.807) is 23.3 Å². The minimum absolute atomic E-state index is 0.0235. The Morgan fingerprint density at radius 1 is 1.35 bits per heavy atom. The van der Waals surface area contributed by atoms with Gasteiger partial charge in [-0.05, 0) is 32.6 Å². The van der Waals surface area contributed by atoms with Crippen molar-refractivity contribution in [3.05, 3.63) is 16.1 Å². The van der Waals surface area contributed by atoms with Crippen LogP contribution in [0.4, 0.5) is 0 Å². The molecule has 0 aromatic carbocycles. The van der Waals surface area contributed by atoms with Crippen molar-refractivity contribution in [2.75, 3.05) is 7.05 Å². The Balaban J connectivity index is 1.86. The number of aromatic nitrogens is 1. The van der Waals surface area contributed by atoms with E-state index in [0.29, 0.717) is 32.2 Å². The number of aliphatic carboxylic acids is 1. The number of amides is 1. The van der Waals surface area contributed by atoms with Crippen molar-refractivity contribution in [3.63, 3.8) is 0 Å². The molecule has 2 rings (SSSR count). The van der Waals surface area contributed by atoms with Gasteiger partial charge in [0.1, 0.15) is 0 Å². The van der Waals surface area contributed by atoms with Crippen LogP contribution < -0.4 is 0 Å². The zero-order chi connectivity index (χ0) is 14.7. The summed E-state index contributed by atoms with van der Waals surface area (Å²) in [7, 11) is 1.81. The van der Waals surface area contributed by atoms with Crippen LogP contribution in [0.2, 0.25) is 0 Å². The standard InChI is InChI=1S/C14H20N2O3S/c1-9-15-7-12(20-9)8-16(2)13(17)10-3-5-11(6-4-10)14(18)19/h7,10-11H,3-6,8H2,1-2H3,(H,18,19). The lowest BCUT2D eigenvalue weighted by Crippen LogP contribution is -2.35. The number of carboxylic acids is 1. The lowest BCUT2D eigenvalue weighted by molar-refractivity contribution is -0.145. The molecule has 1 saturated carbocycles. The summed E-state index contributed by atoms with van der Waals surface area (Å²) in [6.45, 7) is 2.53. The van der Waals surface area contributed by atoms with Crippen LogP contribution in [-0.2, 0) is 16.1 Å². The molecular formula is C14H20N2O3S. The third-order valence-electron chi connectivity index (χ3n) is 3.86. The van der Waals surface area contributed by atoms with E-state index in [0.717, 1.165) is 9.88 Å². The van der Waals surface area contributed by atoms with Gasteiger partial charge in [-0.3, -0.25) is 9.59 Å². The summed E-state index contributed by atoms with van der Waals surface area (Å²) in [5, 5.41) is 9.97. The highest BCUT2D eigenvalue weighted by atomic mass is 32.1. The monoisotopic (exact) mass is 296 g/mol. The molecule has 0 spiro atoms. The van der Waals surface area contributed by atoms with Gasteiger partial charge in [-0.15, -0.1) is 11.3 Å². The van der Waals surface area contributed by atoms with Crippen LogP contribution in [0.25, 0.3) is 0 Å². The van der Waals surface area contributed by atoms with Gasteiger partial charge >= 0.3 is 5.97 Å². The maximum atomic E-state index is 12.3. The number of hydrogen-bond donors (Lipinski definition) is 1. The zero-order valence-electron chi connectivity index (χ0n) is 11.8. The Morgan fingerprint density at radius 2 is 1.95 bits per heavy atom. The van der Waals surface area contributed by atoms with E-state index in [1.165, 1.54) is 0 Å². The molecule has 1 aromatic rings. The SMILES string of the molecule is Cc1ncc(CN(C)C(=O)C2CCC(C(=O)O)CC2)s1. The minimum Gasteiger partial charge on any atom is -0.481 e. The van der Waals surface area contributed by atoms with Crippen molar-refractivity contribution < 1.29 is 14.7 Å². The van der Waals surface area contributed by atoms with E-state index in [9.17, 15) is 9.59 Å². The number of carbonyl (C=O) groups is 2. The van der Waals surface area contributed by atoms with Crippen LogP contribution in [0.3, 0.4) is 0 Å². The van der Waals surface area contributed by atoms with Gasteiger partial charge in [0.25, 0.3) is 0 Å². The fourth-order valence-corrected chi connectivity index (χ4v) is 3.54. The Bertz CT molecular complexity index is 492. The quantitative estimate of drug-likeness (QED) is 0.925. The molecule has 0 atom stereocenters. The number of aryl methyl sites for hydroxylation is 1. The highest BCUT2D eigenvalue weighted by Gasteiger charge is 2.31. The molecule has 1 aliphatic carbocycles. The highest BCUT2D eigenvalue weighted by Crippen LogP contribution is 2.30. The second-order valence-corrected chi connectivity index (χ2v) is 6.75. The number of nitrogens with zero attached hydrogens (tertiary/aromatic N) is 2. The van der Waals surface area contributed by atoms with Crippen molar-refractivity contribution in [2.24, 2.45) is 11.8 Å². The van der Waals surface area contributed by atoms with Crippen molar-refractivity contribution in [1.82, 2.24) is 9.88 Å². The molecule has 6 heteroatoms. The lowest BCUT2D eigenvalue weighted by atomic mass is 9.81. The van der Waals surface area contributed by atoms with Gasteiger partial charge in [0.05, 0.1) is 17.5 Å². The summed E-state index contributed by atoms with van der Waals surface area (Å²) in [6.07, 6.45) is 4.40. The third-order valence-corrected chi connectivity index (χ3v) is 4.76. The first-order valence-electron chi connectivity index (χ1n) is 6.86. The maximum absolute atomic E-state index is 12.3. The van der Waals surface area contributed by atoms with Gasteiger partial charge in [0, 0.05) is 24.0 Å². The minimum atomic E-state index is -0.732. The van der Waals surface area contributed by atoms with Crippen molar-refractivity contribution in [3.8, 4) is 0 Å². The van der Waals surface area contributed by atoms with Gasteiger partial charge in [0.15, 0.2) is 0 Å². The van der Waals surface area contributed by atoms with E-state index in [1.807, 2.05) is 13.1 Å². The Morgan fingerprint density at radius 3 is 2.45 bits per heavy atom. The van der Waals surface area contributed by atoms with Gasteiger partial charge in [-0.1, -0.05) is 0 Å². The number of carboxylic acid groups (broad SMARTS) is 1. The van der Waals surface area contributed by atoms with E-state index < -0.39 is 5.97 Å². The smallest absolute Gasteiger partial charge is 0.306 e. The molecule has 1 N–H and O–H groups in total. The first-order chi connectivity index (χ1) is 9.47. The molecular weight excluding hydrogens is 276 g/mol. The van der Waals surface area contributed by atoms with Crippen LogP contribution in [0.15, 0.2) is 6.20 Å². The molecule has 1 amide bonds. The van der Waals surface area contributed by atoms with Crippen LogP contribution in [0.5, 0.6) is 0 Å². The number of rotatable bonds is 4. The van der Waals surface area contributed by atoms with Crippen LogP contribution >= 0.6 is 11.3 Å². The molecule has 110 valence electrons. The fourth-order valence-electron chi connectivity index (χ4n) is 2.69. The molecule has 5 nitrogen and oxygen atoms in total. The second kappa shape index (κ2) is 6.35. The maximum Gasteiger partial charge on any atom is 0.306 e. The van der Waals surface area contributed by atoms with Gasteiger partial charge in [0.2, 0.25) is 5.91 Å². The second-order valence-electron chi connectivity index (χ2n) is 5.43. The van der Waals surface area contributed by atoms with Crippen LogP contribution in [-0.4, -0.2) is 33.9 Å². The normalized spacial score (nSPS) is 22.5. The molecule has 0 aliphatic heterocycles. The van der Waals surface area contributed by atoms with Crippen LogP contribution in [0.1, 0.15) is 35.6 Å². The van der Waals surface area contributed by atoms with E-state index in [-0.39, 0.29) is 17.7 Å². The van der Waals surface area contributed by atoms with E-state index in [2.05, 4.69) is 4.98 Å². The van der Waals surface area contributed by atoms with Crippen molar-refractivity contribution in [1.29, 1.82) is 0 Å². The first-order valence-corrected chi connectivity index (χ1v) is 7.68. The molecule has 0 bridgehead atoms. The number of carbonyl (C=O) groups excluding carboxylic acids is 1. The van der Waals surface area contributed by atoms with E-state index >= 15 is 0 Å². The summed E-state index contributed by atoms with van der Waals surface area (Å²) in [5.74, 6) is -0.901. The summed E-state index contributed by atoms with van der Waals surface area (Å²) >= 11 is 1.60. The molecule has 1 aromatic heterocycles. The summed E-state index contributed by atoms with van der Waals surface area (Å²) in [4.78, 5) is 30.3. The molecule has 0 saturated heterocycles. The molecule has 1 heterocycles. The van der Waals surface area contributed by atoms with Gasteiger partial charge in [-0.2, -0.15) is 0 Å². The van der Waals surface area contributed by atoms with Gasteiger partial charge in [-0.25, -0.2) is 4.98 Å². The summed E-state index contributed by atoms with van der Waals surface area (Å²) in [6, 6.07) is 0. The third kappa shape index (κ3) is 3.56. The topological polar surface area (TPSA) is 70.5 Å². The summed E-state index contributed by atoms with van der Waals surface area (Å²) < 4.78 is 0. The molecule has 1 fully saturated rings. The highest BCUT2D eigenvalue weighted by molar-refractivity contribution is 7.11. The van der Waals surface area contributed by atoms with Crippen LogP contribution in [0, 0.1) is 18.8 Å². The van der Waals surface area contributed by atoms with Crippen molar-refractivity contribution in [2.45, 2.75) is 39.2 Å². The molecule has 20 heavy (non-hydrogen) atoms. The predicted octanol–water partition coefficient (Wildman–Crippen LogP) is 2.30. The average molecular weight is 296 g/mol. The first kappa shape index (κ1) is 15.0. The molecule has 0 radical (unpaired) electrons. The number of thiazole rings is 1. The number of hydrogen-bond acceptors (Lipinski definition) is 4. The fraction of sp³-hybridized carbons (Fsp3) is 0.643. The summed E-state index contributed by atoms with van der Waals surface area (Å²) in [5.41, 5.74) is 0. The average Bonchev–Trinajstić information content (AvgIpc) is 2.83. The van der Waals surface area contributed by atoms with Crippen molar-refractivity contribution >= 4 is 23.2 Å². The molecule has 1 aliphatic rings. The predicted molar refractivity (Wildman–Crippen MR) is 76.4 cm³/mol. The Hall–Kier alpha value is -1.43. The largest absolute Gasteiger partial charge is 0.481 e. The van der Waals surface area contributed by atoms with E-state index in [4.69, 9.17) is 5.11 Å². The Kier molecular flexibility index (Phi) is 4.75. The zero-order valence-corrected chi connectivity index (χ0v) is 12.7. The Labute approximate surface area is 122 Å². The lowest BCUT2D eigenvalue weighted by Gasteiger charge is -2.28. The van der Waals surface area contributed by atoms with Gasteiger partial charge < -0.3 is 10.0 Å².